The predicted molar refractivity (Wildman–Crippen MR) is 108 cm³/mol. The van der Waals surface area contributed by atoms with Crippen LogP contribution in [0.5, 0.6) is 0 Å². The average molecular weight is 356 g/mol. The maximum Gasteiger partial charge on any atom is 0.255 e. The largest absolute Gasteiger partial charge is 0.436 e. The minimum absolute atomic E-state index is 0.136. The molecular formula is C23H20N2O2. The number of hydrogen-bond donors (Lipinski definition) is 1. The van der Waals surface area contributed by atoms with E-state index in [-0.39, 0.29) is 5.91 Å². The van der Waals surface area contributed by atoms with Gasteiger partial charge in [0, 0.05) is 16.8 Å². The number of aromatic nitrogens is 1. The van der Waals surface area contributed by atoms with Crippen molar-refractivity contribution < 1.29 is 9.21 Å². The lowest BCUT2D eigenvalue weighted by atomic mass is 10.1. The Kier molecular flexibility index (Phi) is 4.24. The minimum atomic E-state index is -0.136. The zero-order valence-electron chi connectivity index (χ0n) is 15.5. The molecule has 0 bridgehead atoms. The number of aryl methyl sites for hydroxylation is 3. The molecule has 0 fully saturated rings. The van der Waals surface area contributed by atoms with Gasteiger partial charge in [-0.1, -0.05) is 29.8 Å². The van der Waals surface area contributed by atoms with E-state index in [1.165, 1.54) is 0 Å². The molecule has 0 saturated carbocycles. The number of anilines is 1. The molecule has 1 heterocycles. The zero-order chi connectivity index (χ0) is 19.0. The maximum atomic E-state index is 12.6. The van der Waals surface area contributed by atoms with Gasteiger partial charge in [0.1, 0.15) is 5.52 Å². The van der Waals surface area contributed by atoms with Crippen LogP contribution in [0.3, 0.4) is 0 Å². The Morgan fingerprint density at radius 1 is 0.889 bits per heavy atom. The Labute approximate surface area is 157 Å². The molecule has 1 aromatic heterocycles. The Hall–Kier alpha value is -3.40. The third kappa shape index (κ3) is 3.47. The van der Waals surface area contributed by atoms with Gasteiger partial charge in [0.15, 0.2) is 5.58 Å². The Bertz CT molecular complexity index is 1140. The fourth-order valence-corrected chi connectivity index (χ4v) is 2.95. The van der Waals surface area contributed by atoms with Gasteiger partial charge in [0.25, 0.3) is 5.91 Å². The molecule has 0 spiro atoms. The monoisotopic (exact) mass is 356 g/mol. The number of oxazole rings is 1. The van der Waals surface area contributed by atoms with Crippen molar-refractivity contribution in [3.8, 4) is 11.5 Å². The highest BCUT2D eigenvalue weighted by Crippen LogP contribution is 2.28. The van der Waals surface area contributed by atoms with Crippen LogP contribution < -0.4 is 5.32 Å². The van der Waals surface area contributed by atoms with E-state index in [2.05, 4.69) is 10.3 Å². The van der Waals surface area contributed by atoms with Crippen LogP contribution in [0.4, 0.5) is 5.69 Å². The number of fused-ring (bicyclic) bond motifs is 1. The lowest BCUT2D eigenvalue weighted by molar-refractivity contribution is 0.102. The van der Waals surface area contributed by atoms with Crippen LogP contribution in [0, 0.1) is 20.8 Å². The zero-order valence-corrected chi connectivity index (χ0v) is 15.5. The van der Waals surface area contributed by atoms with E-state index in [0.717, 1.165) is 39.0 Å². The summed E-state index contributed by atoms with van der Waals surface area (Å²) in [7, 11) is 0. The molecule has 1 amide bonds. The van der Waals surface area contributed by atoms with E-state index in [0.29, 0.717) is 11.5 Å². The molecule has 4 rings (SSSR count). The number of nitrogens with zero attached hydrogens (tertiary/aromatic N) is 1. The first-order valence-electron chi connectivity index (χ1n) is 8.86. The van der Waals surface area contributed by atoms with Gasteiger partial charge in [-0.2, -0.15) is 0 Å². The van der Waals surface area contributed by atoms with Gasteiger partial charge in [-0.15, -0.1) is 0 Å². The van der Waals surface area contributed by atoms with E-state index in [1.54, 1.807) is 0 Å². The van der Waals surface area contributed by atoms with Crippen molar-refractivity contribution in [2.75, 3.05) is 5.32 Å². The third-order valence-electron chi connectivity index (χ3n) is 4.59. The van der Waals surface area contributed by atoms with Crippen molar-refractivity contribution in [2.45, 2.75) is 20.8 Å². The molecule has 4 nitrogen and oxygen atoms in total. The van der Waals surface area contributed by atoms with Crippen molar-refractivity contribution >= 4 is 22.7 Å². The highest BCUT2D eigenvalue weighted by molar-refractivity contribution is 6.05. The van der Waals surface area contributed by atoms with Crippen LogP contribution in [0.25, 0.3) is 22.6 Å². The third-order valence-corrected chi connectivity index (χ3v) is 4.59. The molecule has 4 heteroatoms. The van der Waals surface area contributed by atoms with E-state index >= 15 is 0 Å². The van der Waals surface area contributed by atoms with E-state index in [1.807, 2.05) is 81.4 Å². The number of carbonyl (C=O) groups is 1. The predicted octanol–water partition coefficient (Wildman–Crippen LogP) is 5.67. The molecule has 0 aliphatic carbocycles. The van der Waals surface area contributed by atoms with Gasteiger partial charge in [0.05, 0.1) is 0 Å². The molecule has 0 aliphatic rings. The van der Waals surface area contributed by atoms with Crippen LogP contribution in [-0.2, 0) is 0 Å². The summed E-state index contributed by atoms with van der Waals surface area (Å²) in [5, 5.41) is 2.99. The first kappa shape index (κ1) is 17.0. The molecule has 0 radical (unpaired) electrons. The number of rotatable bonds is 3. The van der Waals surface area contributed by atoms with E-state index in [9.17, 15) is 4.79 Å². The first-order chi connectivity index (χ1) is 13.0. The fourth-order valence-electron chi connectivity index (χ4n) is 2.95. The summed E-state index contributed by atoms with van der Waals surface area (Å²) in [5.41, 5.74) is 7.02. The first-order valence-corrected chi connectivity index (χ1v) is 8.86. The molecule has 0 saturated heterocycles. The second-order valence-corrected chi connectivity index (χ2v) is 6.84. The normalized spacial score (nSPS) is 10.9. The van der Waals surface area contributed by atoms with Gasteiger partial charge in [-0.3, -0.25) is 4.79 Å². The molecule has 134 valence electrons. The molecule has 4 aromatic rings. The van der Waals surface area contributed by atoms with Crippen LogP contribution >= 0.6 is 0 Å². The van der Waals surface area contributed by atoms with Crippen molar-refractivity contribution in [2.24, 2.45) is 0 Å². The number of benzene rings is 3. The summed E-state index contributed by atoms with van der Waals surface area (Å²) >= 11 is 0. The highest BCUT2D eigenvalue weighted by Gasteiger charge is 2.12. The van der Waals surface area contributed by atoms with Crippen LogP contribution in [0.15, 0.2) is 65.1 Å². The molecule has 0 atom stereocenters. The van der Waals surface area contributed by atoms with Gasteiger partial charge in [-0.25, -0.2) is 4.98 Å². The number of hydrogen-bond acceptors (Lipinski definition) is 3. The topological polar surface area (TPSA) is 55.1 Å². The van der Waals surface area contributed by atoms with Crippen LogP contribution in [-0.4, -0.2) is 10.9 Å². The average Bonchev–Trinajstić information content (AvgIpc) is 3.07. The van der Waals surface area contributed by atoms with Crippen LogP contribution in [0.2, 0.25) is 0 Å². The Morgan fingerprint density at radius 3 is 2.41 bits per heavy atom. The number of nitrogens with one attached hydrogen (secondary N) is 1. The molecular weight excluding hydrogens is 336 g/mol. The minimum Gasteiger partial charge on any atom is -0.436 e. The molecule has 0 unspecified atom stereocenters. The van der Waals surface area contributed by atoms with Gasteiger partial charge in [0.2, 0.25) is 5.89 Å². The summed E-state index contributed by atoms with van der Waals surface area (Å²) in [6.07, 6.45) is 0. The Balaban J connectivity index is 1.66. The molecule has 3 aromatic carbocycles. The number of carbonyl (C=O) groups excluding carboxylic acids is 1. The van der Waals surface area contributed by atoms with Crippen molar-refractivity contribution in [1.82, 2.24) is 4.98 Å². The Morgan fingerprint density at radius 2 is 1.63 bits per heavy atom. The van der Waals surface area contributed by atoms with E-state index in [4.69, 9.17) is 4.42 Å². The van der Waals surface area contributed by atoms with E-state index < -0.39 is 0 Å². The fraction of sp³-hybridized carbons (Fsp3) is 0.130. The maximum absolute atomic E-state index is 12.6. The van der Waals surface area contributed by atoms with Crippen molar-refractivity contribution in [3.05, 3.63) is 82.9 Å². The molecule has 0 aliphatic heterocycles. The van der Waals surface area contributed by atoms with Crippen LogP contribution in [0.1, 0.15) is 27.0 Å². The van der Waals surface area contributed by atoms with Gasteiger partial charge >= 0.3 is 0 Å². The summed E-state index contributed by atoms with van der Waals surface area (Å²) < 4.78 is 5.88. The van der Waals surface area contributed by atoms with Crippen molar-refractivity contribution in [1.29, 1.82) is 0 Å². The van der Waals surface area contributed by atoms with Crippen molar-refractivity contribution in [3.63, 3.8) is 0 Å². The van der Waals surface area contributed by atoms with Gasteiger partial charge in [-0.05, 0) is 68.3 Å². The second kappa shape index (κ2) is 6.72. The summed E-state index contributed by atoms with van der Waals surface area (Å²) in [5.74, 6) is 0.407. The second-order valence-electron chi connectivity index (χ2n) is 6.84. The SMILES string of the molecule is Cc1ccc(C(=O)Nc2cc(-c3nc4cc(C)ccc4o3)ccc2C)cc1. The number of amides is 1. The molecule has 27 heavy (non-hydrogen) atoms. The summed E-state index contributed by atoms with van der Waals surface area (Å²) in [6.45, 7) is 5.99. The molecule has 1 N–H and O–H groups in total. The highest BCUT2D eigenvalue weighted by atomic mass is 16.3. The standard InChI is InChI=1S/C23H20N2O2/c1-14-4-8-17(9-5-14)22(26)24-19-13-18(10-7-16(19)3)23-25-20-12-15(2)6-11-21(20)27-23/h4-13H,1-3H3,(H,24,26). The summed E-state index contributed by atoms with van der Waals surface area (Å²) in [6, 6.07) is 19.2. The summed E-state index contributed by atoms with van der Waals surface area (Å²) in [4.78, 5) is 17.1. The van der Waals surface area contributed by atoms with Gasteiger partial charge < -0.3 is 9.73 Å². The smallest absolute Gasteiger partial charge is 0.255 e. The lowest BCUT2D eigenvalue weighted by Crippen LogP contribution is -2.12. The quantitative estimate of drug-likeness (QED) is 0.514. The lowest BCUT2D eigenvalue weighted by Gasteiger charge is -2.10.